The molecule has 770 valence electrons. The molecule has 0 N–H and O–H groups in total. The van der Waals surface area contributed by atoms with E-state index in [2.05, 4.69) is 44.6 Å². The van der Waals surface area contributed by atoms with E-state index in [0.29, 0.717) is 53.0 Å². The summed E-state index contributed by atoms with van der Waals surface area (Å²) < 4.78 is 379. The maximum atomic E-state index is 13.8. The second kappa shape index (κ2) is 34.4. The van der Waals surface area contributed by atoms with Gasteiger partial charge in [0.2, 0.25) is 17.5 Å². The Morgan fingerprint density at radius 1 is 0.404 bits per heavy atom. The molecule has 31 nitrogen and oxygen atoms in total. The lowest BCUT2D eigenvalue weighted by atomic mass is 9.97. The number of carbonyl (C=O) groups is 4. The molecule has 10 fully saturated rings. The molecule has 6 aliphatic carbocycles. The number of alkyl halides is 18. The van der Waals surface area contributed by atoms with Crippen molar-refractivity contribution in [3.05, 3.63) is 147 Å². The highest BCUT2D eigenvalue weighted by atomic mass is 32.2. The predicted molar refractivity (Wildman–Crippen MR) is 452 cm³/mol. The average Bonchev–Trinajstić information content (AvgIpc) is 1.50. The number of piperidine rings is 4. The molecule has 0 bridgehead atoms. The fraction of sp³-hybridized carbons (Fsp3) is 0.580. The highest BCUT2D eigenvalue weighted by Gasteiger charge is 2.75. The van der Waals surface area contributed by atoms with Gasteiger partial charge in [-0.1, -0.05) is 27.6 Å². The Balaban J connectivity index is 0.000000142. The number of likely N-dealkylation sites (tertiary alicyclic amines) is 4. The number of hydrogen-bond acceptors (Lipinski definition) is 27. The van der Waals surface area contributed by atoms with Crippen LogP contribution in [0.4, 0.5) is 79.0 Å². The molecule has 11 atom stereocenters. The van der Waals surface area contributed by atoms with Gasteiger partial charge in [0, 0.05) is 115 Å². The molecule has 8 aromatic rings. The van der Waals surface area contributed by atoms with Gasteiger partial charge in [-0.05, 0) is 183 Å². The number of rotatable bonds is 25. The molecular weight excluding hydrogens is 2000 g/mol. The van der Waals surface area contributed by atoms with Gasteiger partial charge in [-0.25, -0.2) is 60.0 Å². The minimum atomic E-state index is -4.82. The van der Waals surface area contributed by atoms with E-state index in [0.717, 1.165) is 94.3 Å². The zero-order valence-corrected chi connectivity index (χ0v) is 80.6. The van der Waals surface area contributed by atoms with Crippen LogP contribution in [0, 0.1) is 30.1 Å². The van der Waals surface area contributed by atoms with Crippen molar-refractivity contribution < 1.29 is 169 Å². The van der Waals surface area contributed by atoms with Crippen molar-refractivity contribution in [1.82, 2.24) is 55.2 Å². The molecule has 4 aromatic carbocycles. The number of nitrogens with zero attached hydrogens (tertiary/aromatic N) is 11. The lowest BCUT2D eigenvalue weighted by molar-refractivity contribution is -0.163. The monoisotopic (exact) mass is 2090 g/mol. The highest BCUT2D eigenvalue weighted by Crippen LogP contribution is 2.69. The number of carbonyl (C=O) groups excluding carboxylic acids is 4. The Hall–Kier alpha value is -10.9. The number of fused-ring (bicyclic) bond motifs is 4. The van der Waals surface area contributed by atoms with E-state index >= 15 is 0 Å². The van der Waals surface area contributed by atoms with Gasteiger partial charge in [0.15, 0.2) is 75.1 Å². The number of amides is 4. The summed E-state index contributed by atoms with van der Waals surface area (Å²) in [5.41, 5.74) is -8.63. The maximum Gasteiger partial charge on any atom is 0.471 e. The van der Waals surface area contributed by atoms with Crippen LogP contribution < -0.4 is 18.9 Å². The zero-order chi connectivity index (χ0) is 104. The number of benzene rings is 4. The second-order valence-electron chi connectivity index (χ2n) is 39.2. The molecule has 141 heavy (non-hydrogen) atoms. The Labute approximate surface area is 793 Å². The topological polar surface area (TPSA) is 398 Å². The maximum absolute atomic E-state index is 13.8. The van der Waals surface area contributed by atoms with Crippen LogP contribution in [0.15, 0.2) is 110 Å². The van der Waals surface area contributed by atoms with Gasteiger partial charge in [-0.15, -0.1) is 0 Å². The fourth-order valence-corrected chi connectivity index (χ4v) is 21.2. The van der Waals surface area contributed by atoms with Crippen LogP contribution in [0.5, 0.6) is 23.0 Å². The first-order valence-electron chi connectivity index (χ1n) is 43.7. The Bertz CT molecular complexity index is 6810. The molecule has 53 heteroatoms. The van der Waals surface area contributed by atoms with Crippen LogP contribution in [0.25, 0.3) is 0 Å². The van der Waals surface area contributed by atoms with E-state index < -0.39 is 179 Å². The number of halogens is 18. The molecule has 4 amide bonds. The molecule has 0 spiro atoms. The van der Waals surface area contributed by atoms with E-state index in [1.165, 1.54) is 45.9 Å². The van der Waals surface area contributed by atoms with E-state index in [-0.39, 0.29) is 195 Å². The summed E-state index contributed by atoms with van der Waals surface area (Å²) in [5.74, 6) is -16.4. The summed E-state index contributed by atoms with van der Waals surface area (Å²) in [4.78, 5) is 70.4. The van der Waals surface area contributed by atoms with Crippen LogP contribution in [-0.2, 0) is 84.2 Å². The molecule has 8 heterocycles. The second-order valence-corrected chi connectivity index (χ2v) is 47.2. The molecule has 18 rings (SSSR count). The van der Waals surface area contributed by atoms with Crippen molar-refractivity contribution in [3.8, 4) is 23.0 Å². The minimum Gasteiger partial charge on any atom is -0.490 e. The molecule has 6 saturated carbocycles. The summed E-state index contributed by atoms with van der Waals surface area (Å²) in [7, 11) is -14.8. The van der Waals surface area contributed by atoms with E-state index in [9.17, 15) is 132 Å². The van der Waals surface area contributed by atoms with Crippen molar-refractivity contribution >= 4 is 63.0 Å². The van der Waals surface area contributed by atoms with Crippen LogP contribution in [0.1, 0.15) is 207 Å². The number of aromatic nitrogens is 7. The zero-order valence-electron chi connectivity index (χ0n) is 77.3. The first-order valence-corrected chi connectivity index (χ1v) is 51.3. The van der Waals surface area contributed by atoms with Crippen LogP contribution >= 0.6 is 0 Å². The van der Waals surface area contributed by atoms with Gasteiger partial charge in [-0.3, -0.25) is 19.2 Å². The largest absolute Gasteiger partial charge is 0.490 e. The normalized spacial score (nSPS) is 24.9. The number of hydrogen-bond donors (Lipinski definition) is 0. The highest BCUT2D eigenvalue weighted by molar-refractivity contribution is 7.91. The van der Waals surface area contributed by atoms with E-state index in [4.69, 9.17) is 28.0 Å². The molecule has 11 unspecified atom stereocenters. The van der Waals surface area contributed by atoms with Gasteiger partial charge in [0.1, 0.15) is 33.8 Å². The fourth-order valence-electron chi connectivity index (χ4n) is 18.6. The first kappa shape index (κ1) is 104. The average molecular weight is 2100 g/mol. The minimum absolute atomic E-state index is 0.00514. The molecule has 0 radical (unpaired) electrons. The lowest BCUT2D eigenvalue weighted by Crippen LogP contribution is -2.35. The van der Waals surface area contributed by atoms with Crippen LogP contribution in [0.2, 0.25) is 0 Å². The summed E-state index contributed by atoms with van der Waals surface area (Å²) in [6, 6.07) is 14.3. The number of sulfone groups is 4. The first-order chi connectivity index (χ1) is 64.6. The Kier molecular flexibility index (Phi) is 25.5. The molecule has 4 aliphatic heterocycles. The standard InChI is InChI=1S/C23H24F5N3O5S.C22H23F5N2O5S.C22H24F3N3O5S.C21H22F5N3O5S/c1-12(20(2,24)25)35-16-5-4-14(37(3,33)34)8-15(16)17(32)31-10-13-9-21(13,11-31)19-29-18(30-36-19)22(6-7-22)23(26,27)28;1-11-17(28-34-18(11)22(25,26)27)21-8-13(21)9-29(10-21)19(30)15-7-14(35(4,31)32)5-6-16(15)33-12(2)20(3,23)24;1-12(2)32-16-5-4-14(34(3,30)31)8-15(16)17(29)28-10-13-9-20(13,11-28)19-26-18(27-33-19)21(6-7-21)22(23,24)25;1-11(19(3,22)23)33-14-6-5-12(35(4,31)32)7-13(14)15(30)29-9-18(2)8-20(18,10-29)16-27-17(34-28-16)21(24,25)26/h4-5,8,12-13H,6-7,9-11H2,1-3H3;5-7,12-13H,8-10H2,1-4H3;4-5,8,12-13H,6-7,9-11H2,1-3H3;5-7,11H,8-10H2,1-4H3. The van der Waals surface area contributed by atoms with Crippen LogP contribution in [0.3, 0.4) is 0 Å². The third-order valence-corrected chi connectivity index (χ3v) is 32.5. The van der Waals surface area contributed by atoms with Crippen molar-refractivity contribution in [2.75, 3.05) is 77.4 Å². The molecule has 4 aromatic heterocycles. The third kappa shape index (κ3) is 19.9. The Morgan fingerprint density at radius 3 is 1.02 bits per heavy atom. The van der Waals surface area contributed by atoms with Crippen LogP contribution in [-0.4, -0.2) is 244 Å². The third-order valence-electron chi connectivity index (χ3n) is 28.1. The summed E-state index contributed by atoms with van der Waals surface area (Å²) in [5, 5.41) is 14.4. The summed E-state index contributed by atoms with van der Waals surface area (Å²) in [6.07, 6.45) is -18.0. The molecular formula is C88H93F18N11O20S4. The quantitative estimate of drug-likeness (QED) is 0.0480. The van der Waals surface area contributed by atoms with Crippen molar-refractivity contribution in [2.24, 2.45) is 23.2 Å². The predicted octanol–water partition coefficient (Wildman–Crippen LogP) is 15.1. The molecule has 4 saturated heterocycles. The van der Waals surface area contributed by atoms with Gasteiger partial charge < -0.3 is 56.6 Å². The van der Waals surface area contributed by atoms with Gasteiger partial charge >= 0.3 is 30.6 Å². The van der Waals surface area contributed by atoms with Gasteiger partial charge in [0.05, 0.1) is 69.9 Å². The van der Waals surface area contributed by atoms with Gasteiger partial charge in [-0.2, -0.15) is 67.6 Å². The van der Waals surface area contributed by atoms with Crippen molar-refractivity contribution in [1.29, 1.82) is 0 Å². The lowest BCUT2D eigenvalue weighted by Gasteiger charge is -2.25. The van der Waals surface area contributed by atoms with Gasteiger partial charge in [0.25, 0.3) is 41.4 Å². The smallest absolute Gasteiger partial charge is 0.471 e. The summed E-state index contributed by atoms with van der Waals surface area (Å²) in [6.45, 7) is 12.9. The van der Waals surface area contributed by atoms with E-state index in [1.807, 2.05) is 0 Å². The van der Waals surface area contributed by atoms with Crippen molar-refractivity contribution in [3.63, 3.8) is 0 Å². The summed E-state index contributed by atoms with van der Waals surface area (Å²) >= 11 is 0. The van der Waals surface area contributed by atoms with E-state index in [1.54, 1.807) is 25.7 Å². The molecule has 10 aliphatic rings. The Morgan fingerprint density at radius 2 is 0.723 bits per heavy atom. The van der Waals surface area contributed by atoms with Crippen molar-refractivity contribution in [2.45, 2.75) is 240 Å². The number of ether oxygens (including phenoxy) is 4. The SMILES string of the molecule is CC(C)Oc1ccc(S(C)(=O)=O)cc1C(=O)N1CC2CC2(c2nc(C3(C(F)(F)F)CC3)no2)C1.CC(Oc1ccc(S(C)(=O)=O)cc1C(=O)N1CC2(C)CC2(c2noc(C(F)(F)F)n2)C1)C(C)(F)F.CC(Oc1ccc(S(C)(=O)=O)cc1C(=O)N1CC2CC2(c2nc(C3(C(F)(F)F)CC3)no2)C1)C(C)(F)F.Cc1c(C23CC2CN(C(=O)c2cc(S(C)(=O)=O)ccc2OC(C)C(C)(F)F)C3)noc1C(F)(F)F.